The molecule has 1 heterocycles. The quantitative estimate of drug-likeness (QED) is 0.746. The van der Waals surface area contributed by atoms with E-state index in [2.05, 4.69) is 10.0 Å². The zero-order chi connectivity index (χ0) is 17.9. The number of nitrogens with one attached hydrogen (secondary N) is 2. The minimum atomic E-state index is -3.74. The van der Waals surface area contributed by atoms with Crippen molar-refractivity contribution < 1.29 is 22.7 Å². The van der Waals surface area contributed by atoms with Crippen molar-refractivity contribution in [2.75, 3.05) is 18.0 Å². The summed E-state index contributed by atoms with van der Waals surface area (Å²) in [7, 11) is -3.74. The molecule has 9 heteroatoms. The van der Waals surface area contributed by atoms with Crippen molar-refractivity contribution in [3.05, 3.63) is 48.0 Å². The maximum atomic E-state index is 12.4. The molecule has 2 aromatic rings. The minimum Gasteiger partial charge on any atom is -0.454 e. The molecule has 0 atom stereocenters. The topological polar surface area (TPSA) is 93.7 Å². The van der Waals surface area contributed by atoms with Gasteiger partial charge in [-0.2, -0.15) is 0 Å². The summed E-state index contributed by atoms with van der Waals surface area (Å²) in [5.41, 5.74) is 1.09. The van der Waals surface area contributed by atoms with Crippen LogP contribution < -0.4 is 19.5 Å². The molecule has 2 N–H and O–H groups in total. The number of ether oxygens (including phenoxy) is 2. The van der Waals surface area contributed by atoms with Gasteiger partial charge in [0.2, 0.25) is 22.7 Å². The number of carbonyl (C=O) groups is 1. The number of anilines is 1. The predicted octanol–water partition coefficient (Wildman–Crippen LogP) is 2.07. The van der Waals surface area contributed by atoms with Gasteiger partial charge in [-0.25, -0.2) is 13.1 Å². The van der Waals surface area contributed by atoms with Crippen LogP contribution in [0.25, 0.3) is 0 Å². The Morgan fingerprint density at radius 3 is 2.72 bits per heavy atom. The van der Waals surface area contributed by atoms with Crippen LogP contribution in [0.2, 0.25) is 0 Å². The van der Waals surface area contributed by atoms with Crippen molar-refractivity contribution >= 4 is 33.2 Å². The standard InChI is InChI=1S/C16H15ClN2O5S/c17-8-16(20)19-12-2-1-3-13(7-12)25(21,22)18-9-11-4-5-14-15(6-11)24-10-23-14/h1-7,18H,8-10H2,(H,19,20). The molecule has 2 aromatic carbocycles. The third-order valence-corrected chi connectivity index (χ3v) is 5.09. The van der Waals surface area contributed by atoms with Crippen molar-refractivity contribution in [2.24, 2.45) is 0 Å². The highest BCUT2D eigenvalue weighted by atomic mass is 35.5. The van der Waals surface area contributed by atoms with Crippen molar-refractivity contribution in [1.82, 2.24) is 4.72 Å². The predicted molar refractivity (Wildman–Crippen MR) is 92.4 cm³/mol. The van der Waals surface area contributed by atoms with Gasteiger partial charge in [-0.15, -0.1) is 11.6 Å². The fourth-order valence-corrected chi connectivity index (χ4v) is 3.38. The fraction of sp³-hybridized carbons (Fsp3) is 0.188. The SMILES string of the molecule is O=C(CCl)Nc1cccc(S(=O)(=O)NCc2ccc3c(c2)OCO3)c1. The summed E-state index contributed by atoms with van der Waals surface area (Å²) in [6, 6.07) is 11.1. The normalized spacial score (nSPS) is 12.8. The molecule has 0 spiro atoms. The smallest absolute Gasteiger partial charge is 0.240 e. The molecule has 0 aliphatic carbocycles. The highest BCUT2D eigenvalue weighted by Gasteiger charge is 2.17. The number of halogens is 1. The summed E-state index contributed by atoms with van der Waals surface area (Å²) in [5.74, 6) is 0.598. The van der Waals surface area contributed by atoms with Gasteiger partial charge < -0.3 is 14.8 Å². The first-order valence-corrected chi connectivity index (χ1v) is 9.34. The highest BCUT2D eigenvalue weighted by molar-refractivity contribution is 7.89. The first-order chi connectivity index (χ1) is 12.0. The lowest BCUT2D eigenvalue weighted by molar-refractivity contribution is -0.113. The molecule has 1 amide bonds. The Bertz CT molecular complexity index is 901. The van der Waals surface area contributed by atoms with E-state index < -0.39 is 15.9 Å². The van der Waals surface area contributed by atoms with Gasteiger partial charge in [0.1, 0.15) is 5.88 Å². The Kier molecular flexibility index (Phi) is 5.12. The van der Waals surface area contributed by atoms with E-state index in [0.29, 0.717) is 17.2 Å². The van der Waals surface area contributed by atoms with E-state index in [1.807, 2.05) is 0 Å². The van der Waals surface area contributed by atoms with Gasteiger partial charge in [-0.05, 0) is 35.9 Å². The fourth-order valence-electron chi connectivity index (χ4n) is 2.25. The maximum absolute atomic E-state index is 12.4. The summed E-state index contributed by atoms with van der Waals surface area (Å²) < 4.78 is 37.9. The molecule has 0 radical (unpaired) electrons. The molecule has 0 saturated carbocycles. The number of rotatable bonds is 6. The summed E-state index contributed by atoms with van der Waals surface area (Å²) in [4.78, 5) is 11.4. The van der Waals surface area contributed by atoms with Gasteiger partial charge in [-0.1, -0.05) is 12.1 Å². The molecule has 0 aromatic heterocycles. The number of alkyl halides is 1. The summed E-state index contributed by atoms with van der Waals surface area (Å²) >= 11 is 5.43. The second kappa shape index (κ2) is 7.30. The lowest BCUT2D eigenvalue weighted by atomic mass is 10.2. The van der Waals surface area contributed by atoms with E-state index in [1.54, 1.807) is 30.3 Å². The Hall–Kier alpha value is -2.29. The lowest BCUT2D eigenvalue weighted by Gasteiger charge is -2.09. The van der Waals surface area contributed by atoms with E-state index in [-0.39, 0.29) is 24.1 Å². The van der Waals surface area contributed by atoms with Crippen LogP contribution in [0, 0.1) is 0 Å². The van der Waals surface area contributed by atoms with Crippen molar-refractivity contribution in [2.45, 2.75) is 11.4 Å². The van der Waals surface area contributed by atoms with E-state index >= 15 is 0 Å². The van der Waals surface area contributed by atoms with Gasteiger partial charge in [0, 0.05) is 12.2 Å². The number of benzene rings is 2. The summed E-state index contributed by atoms with van der Waals surface area (Å²) in [6.07, 6.45) is 0. The molecule has 1 aliphatic rings. The van der Waals surface area contributed by atoms with Crippen LogP contribution in [0.3, 0.4) is 0 Å². The number of hydrogen-bond acceptors (Lipinski definition) is 5. The molecule has 25 heavy (non-hydrogen) atoms. The second-order valence-corrected chi connectivity index (χ2v) is 7.26. The van der Waals surface area contributed by atoms with E-state index in [4.69, 9.17) is 21.1 Å². The van der Waals surface area contributed by atoms with Crippen molar-refractivity contribution in [1.29, 1.82) is 0 Å². The van der Waals surface area contributed by atoms with Crippen LogP contribution in [0.5, 0.6) is 11.5 Å². The second-order valence-electron chi connectivity index (χ2n) is 5.22. The van der Waals surface area contributed by atoms with Crippen LogP contribution in [0.15, 0.2) is 47.4 Å². The Morgan fingerprint density at radius 2 is 1.92 bits per heavy atom. The van der Waals surface area contributed by atoms with Crippen LogP contribution >= 0.6 is 11.6 Å². The average Bonchev–Trinajstić information content (AvgIpc) is 3.08. The van der Waals surface area contributed by atoms with Crippen LogP contribution in [-0.2, 0) is 21.4 Å². The molecule has 0 saturated heterocycles. The molecule has 0 bridgehead atoms. The van der Waals surface area contributed by atoms with E-state index in [0.717, 1.165) is 5.56 Å². The third kappa shape index (κ3) is 4.22. The van der Waals surface area contributed by atoms with Gasteiger partial charge in [0.15, 0.2) is 11.5 Å². The van der Waals surface area contributed by atoms with Crippen LogP contribution in [0.1, 0.15) is 5.56 Å². The average molecular weight is 383 g/mol. The first-order valence-electron chi connectivity index (χ1n) is 7.32. The van der Waals surface area contributed by atoms with E-state index in [1.165, 1.54) is 12.1 Å². The Labute approximate surface area is 149 Å². The largest absolute Gasteiger partial charge is 0.454 e. The monoisotopic (exact) mass is 382 g/mol. The summed E-state index contributed by atoms with van der Waals surface area (Å²) in [5, 5.41) is 2.51. The van der Waals surface area contributed by atoms with Crippen molar-refractivity contribution in [3.63, 3.8) is 0 Å². The molecular weight excluding hydrogens is 368 g/mol. The van der Waals surface area contributed by atoms with Crippen LogP contribution in [-0.4, -0.2) is 27.0 Å². The van der Waals surface area contributed by atoms with Gasteiger partial charge in [0.25, 0.3) is 0 Å². The molecule has 7 nitrogen and oxygen atoms in total. The Balaban J connectivity index is 1.71. The zero-order valence-corrected chi connectivity index (χ0v) is 14.6. The molecule has 0 fully saturated rings. The van der Waals surface area contributed by atoms with Crippen LogP contribution in [0.4, 0.5) is 5.69 Å². The third-order valence-electron chi connectivity index (χ3n) is 3.45. The highest BCUT2D eigenvalue weighted by Crippen LogP contribution is 2.32. The lowest BCUT2D eigenvalue weighted by Crippen LogP contribution is -2.23. The number of carbonyl (C=O) groups excluding carboxylic acids is 1. The van der Waals surface area contributed by atoms with E-state index in [9.17, 15) is 13.2 Å². The maximum Gasteiger partial charge on any atom is 0.240 e. The molecule has 132 valence electrons. The van der Waals surface area contributed by atoms with Gasteiger partial charge in [0.05, 0.1) is 4.90 Å². The van der Waals surface area contributed by atoms with Gasteiger partial charge in [-0.3, -0.25) is 4.79 Å². The number of amides is 1. The molecule has 0 unspecified atom stereocenters. The van der Waals surface area contributed by atoms with Gasteiger partial charge >= 0.3 is 0 Å². The molecular formula is C16H15ClN2O5S. The zero-order valence-electron chi connectivity index (χ0n) is 13.0. The Morgan fingerprint density at radius 1 is 1.12 bits per heavy atom. The first kappa shape index (κ1) is 17.5. The number of sulfonamides is 1. The summed E-state index contributed by atoms with van der Waals surface area (Å²) in [6.45, 7) is 0.253. The number of hydrogen-bond donors (Lipinski definition) is 2. The molecule has 3 rings (SSSR count). The molecule has 1 aliphatic heterocycles. The minimum absolute atomic E-state index is 0.0422. The number of fused-ring (bicyclic) bond motifs is 1. The van der Waals surface area contributed by atoms with Crippen molar-refractivity contribution in [3.8, 4) is 11.5 Å².